The van der Waals surface area contributed by atoms with Crippen LogP contribution < -0.4 is 5.32 Å². The van der Waals surface area contributed by atoms with E-state index in [0.717, 1.165) is 17.9 Å². The highest BCUT2D eigenvalue weighted by molar-refractivity contribution is 4.85. The molecule has 0 bridgehead atoms. The zero-order chi connectivity index (χ0) is 10.1. The molecule has 2 nitrogen and oxygen atoms in total. The summed E-state index contributed by atoms with van der Waals surface area (Å²) in [6.07, 6.45) is 8.77. The van der Waals surface area contributed by atoms with E-state index < -0.39 is 0 Å². The van der Waals surface area contributed by atoms with Gasteiger partial charge in [0.15, 0.2) is 0 Å². The molecule has 0 radical (unpaired) electrons. The highest BCUT2D eigenvalue weighted by atomic mass is 15.2. The number of hydrogen-bond acceptors (Lipinski definition) is 2. The predicted molar refractivity (Wildman–Crippen MR) is 62.9 cm³/mol. The monoisotopic (exact) mass is 208 g/mol. The van der Waals surface area contributed by atoms with Gasteiger partial charge < -0.3 is 10.2 Å². The fraction of sp³-hybridized carbons (Fsp3) is 1.00. The van der Waals surface area contributed by atoms with Crippen LogP contribution in [-0.2, 0) is 0 Å². The van der Waals surface area contributed by atoms with E-state index in [1.165, 1.54) is 64.7 Å². The van der Waals surface area contributed by atoms with Gasteiger partial charge in [0.1, 0.15) is 0 Å². The minimum atomic E-state index is 0.804. The van der Waals surface area contributed by atoms with E-state index in [1.54, 1.807) is 0 Å². The van der Waals surface area contributed by atoms with E-state index in [-0.39, 0.29) is 0 Å². The Hall–Kier alpha value is -0.0800. The Labute approximate surface area is 93.4 Å². The lowest BCUT2D eigenvalue weighted by molar-refractivity contribution is 0.183. The molecule has 86 valence electrons. The van der Waals surface area contributed by atoms with Crippen molar-refractivity contribution in [1.82, 2.24) is 10.2 Å². The Bertz CT molecular complexity index is 209. The van der Waals surface area contributed by atoms with Gasteiger partial charge in [0.05, 0.1) is 0 Å². The average molecular weight is 208 g/mol. The molecule has 0 aromatic heterocycles. The molecule has 1 atom stereocenters. The number of hydrogen-bond donors (Lipinski definition) is 1. The van der Waals surface area contributed by atoms with E-state index in [0.29, 0.717) is 0 Å². The number of nitrogens with zero attached hydrogens (tertiary/aromatic N) is 1. The summed E-state index contributed by atoms with van der Waals surface area (Å²) in [4.78, 5) is 2.70. The van der Waals surface area contributed by atoms with E-state index in [4.69, 9.17) is 0 Å². The highest BCUT2D eigenvalue weighted by Gasteiger charge is 2.28. The molecular formula is C13H24N2. The first kappa shape index (κ1) is 10.1. The predicted octanol–water partition coefficient (Wildman–Crippen LogP) is 1.86. The van der Waals surface area contributed by atoms with Crippen molar-refractivity contribution in [2.45, 2.75) is 44.6 Å². The molecule has 1 N–H and O–H groups in total. The summed E-state index contributed by atoms with van der Waals surface area (Å²) in [6.45, 7) is 5.37. The quantitative estimate of drug-likeness (QED) is 0.742. The molecule has 1 heterocycles. The molecule has 1 saturated heterocycles. The fourth-order valence-corrected chi connectivity index (χ4v) is 2.71. The number of likely N-dealkylation sites (tertiary alicyclic amines) is 1. The molecule has 0 amide bonds. The summed E-state index contributed by atoms with van der Waals surface area (Å²) in [5, 5.41) is 3.77. The van der Waals surface area contributed by atoms with Crippen molar-refractivity contribution in [2.75, 3.05) is 26.2 Å². The number of rotatable bonds is 5. The van der Waals surface area contributed by atoms with Crippen LogP contribution in [0.1, 0.15) is 38.5 Å². The molecule has 15 heavy (non-hydrogen) atoms. The maximum atomic E-state index is 3.77. The highest BCUT2D eigenvalue weighted by Crippen LogP contribution is 2.31. The van der Waals surface area contributed by atoms with Crippen LogP contribution >= 0.6 is 0 Å². The molecule has 3 fully saturated rings. The van der Waals surface area contributed by atoms with Gasteiger partial charge in [-0.15, -0.1) is 0 Å². The summed E-state index contributed by atoms with van der Waals surface area (Å²) in [5.74, 6) is 2.09. The maximum Gasteiger partial charge on any atom is 0.0195 e. The Morgan fingerprint density at radius 1 is 1.00 bits per heavy atom. The third-order valence-electron chi connectivity index (χ3n) is 4.11. The van der Waals surface area contributed by atoms with Gasteiger partial charge in [0.2, 0.25) is 0 Å². The molecule has 2 heteroatoms. The number of nitrogens with one attached hydrogen (secondary N) is 1. The molecule has 3 rings (SSSR count). The normalized spacial score (nSPS) is 33.2. The molecule has 0 aromatic rings. The van der Waals surface area contributed by atoms with Crippen LogP contribution in [0, 0.1) is 11.8 Å². The minimum Gasteiger partial charge on any atom is -0.312 e. The summed E-state index contributed by atoms with van der Waals surface area (Å²) < 4.78 is 0. The van der Waals surface area contributed by atoms with Crippen LogP contribution in [0.25, 0.3) is 0 Å². The second-order valence-electron chi connectivity index (χ2n) is 5.89. The molecule has 3 aliphatic rings. The van der Waals surface area contributed by atoms with Crippen LogP contribution in [0.2, 0.25) is 0 Å². The van der Waals surface area contributed by atoms with Gasteiger partial charge in [-0.25, -0.2) is 0 Å². The summed E-state index contributed by atoms with van der Waals surface area (Å²) in [7, 11) is 0. The summed E-state index contributed by atoms with van der Waals surface area (Å²) in [5.41, 5.74) is 0. The van der Waals surface area contributed by atoms with Gasteiger partial charge in [-0.05, 0) is 63.5 Å². The van der Waals surface area contributed by atoms with Crippen LogP contribution in [0.4, 0.5) is 0 Å². The van der Waals surface area contributed by atoms with Crippen LogP contribution in [0.5, 0.6) is 0 Å². The van der Waals surface area contributed by atoms with Crippen molar-refractivity contribution in [3.63, 3.8) is 0 Å². The fourth-order valence-electron chi connectivity index (χ4n) is 2.71. The van der Waals surface area contributed by atoms with Crippen molar-refractivity contribution in [1.29, 1.82) is 0 Å². The largest absolute Gasteiger partial charge is 0.312 e. The van der Waals surface area contributed by atoms with Crippen molar-refractivity contribution < 1.29 is 0 Å². The Kier molecular flexibility index (Phi) is 2.98. The molecule has 1 aliphatic heterocycles. The Morgan fingerprint density at radius 3 is 2.53 bits per heavy atom. The lowest BCUT2D eigenvalue weighted by Crippen LogP contribution is -2.46. The van der Waals surface area contributed by atoms with Crippen molar-refractivity contribution >= 4 is 0 Å². The Balaban J connectivity index is 1.38. The lowest BCUT2D eigenvalue weighted by Gasteiger charge is -2.33. The SMILES string of the molecule is C1CC(NCC2CC2)CN(CC2CC2)C1. The van der Waals surface area contributed by atoms with Gasteiger partial charge in [-0.2, -0.15) is 0 Å². The molecule has 1 unspecified atom stereocenters. The number of piperidine rings is 1. The van der Waals surface area contributed by atoms with E-state index in [2.05, 4.69) is 10.2 Å². The first-order valence-corrected chi connectivity index (χ1v) is 6.86. The summed E-state index contributed by atoms with van der Waals surface area (Å²) >= 11 is 0. The van der Waals surface area contributed by atoms with Crippen molar-refractivity contribution in [3.8, 4) is 0 Å². The first-order chi connectivity index (χ1) is 7.40. The topological polar surface area (TPSA) is 15.3 Å². The molecular weight excluding hydrogens is 184 g/mol. The summed E-state index contributed by atoms with van der Waals surface area (Å²) in [6, 6.07) is 0.804. The van der Waals surface area contributed by atoms with E-state index >= 15 is 0 Å². The second-order valence-corrected chi connectivity index (χ2v) is 5.89. The minimum absolute atomic E-state index is 0.804. The van der Waals surface area contributed by atoms with Crippen LogP contribution in [0.3, 0.4) is 0 Å². The first-order valence-electron chi connectivity index (χ1n) is 6.86. The van der Waals surface area contributed by atoms with Gasteiger partial charge in [-0.1, -0.05) is 0 Å². The van der Waals surface area contributed by atoms with E-state index in [9.17, 15) is 0 Å². The standard InChI is InChI=1S/C13H24N2/c1-2-13(14-8-11-3-4-11)10-15(7-1)9-12-5-6-12/h11-14H,1-10H2. The van der Waals surface area contributed by atoms with Gasteiger partial charge in [0, 0.05) is 19.1 Å². The zero-order valence-electron chi connectivity index (χ0n) is 9.75. The average Bonchev–Trinajstić information content (AvgIpc) is 3.10. The molecule has 2 aliphatic carbocycles. The smallest absolute Gasteiger partial charge is 0.0195 e. The van der Waals surface area contributed by atoms with Gasteiger partial charge >= 0.3 is 0 Å². The zero-order valence-corrected chi connectivity index (χ0v) is 9.75. The van der Waals surface area contributed by atoms with Crippen LogP contribution in [0.15, 0.2) is 0 Å². The van der Waals surface area contributed by atoms with Crippen LogP contribution in [-0.4, -0.2) is 37.1 Å². The van der Waals surface area contributed by atoms with Gasteiger partial charge in [0.25, 0.3) is 0 Å². The molecule has 0 spiro atoms. The molecule has 0 aromatic carbocycles. The van der Waals surface area contributed by atoms with Gasteiger partial charge in [-0.3, -0.25) is 0 Å². The third-order valence-corrected chi connectivity index (χ3v) is 4.11. The van der Waals surface area contributed by atoms with E-state index in [1.807, 2.05) is 0 Å². The second kappa shape index (κ2) is 4.42. The Morgan fingerprint density at radius 2 is 1.80 bits per heavy atom. The van der Waals surface area contributed by atoms with Crippen molar-refractivity contribution in [2.24, 2.45) is 11.8 Å². The lowest BCUT2D eigenvalue weighted by atomic mass is 10.1. The molecule has 2 saturated carbocycles. The third kappa shape index (κ3) is 3.18. The maximum absolute atomic E-state index is 3.77. The van der Waals surface area contributed by atoms with Crippen molar-refractivity contribution in [3.05, 3.63) is 0 Å².